The number of nitrogens with zero attached hydrogens (tertiary/aromatic N) is 5. The normalized spacial score (nSPS) is 16.0. The molecule has 33 heavy (non-hydrogen) atoms. The highest BCUT2D eigenvalue weighted by Gasteiger charge is 2.37. The van der Waals surface area contributed by atoms with Gasteiger partial charge in [0.05, 0.1) is 30.4 Å². The second kappa shape index (κ2) is 8.06. The van der Waals surface area contributed by atoms with Gasteiger partial charge in [-0.1, -0.05) is 18.2 Å². The number of halogens is 3. The monoisotopic (exact) mass is 453 g/mol. The molecule has 170 valence electrons. The molecule has 4 aromatic rings. The van der Waals surface area contributed by atoms with Gasteiger partial charge < -0.3 is 9.30 Å². The van der Waals surface area contributed by atoms with E-state index < -0.39 is 17.7 Å². The molecule has 0 spiro atoms. The Hall–Kier alpha value is -3.62. The average molecular weight is 453 g/mol. The second-order valence-corrected chi connectivity index (χ2v) is 8.11. The Balaban J connectivity index is 1.55. The van der Waals surface area contributed by atoms with Crippen molar-refractivity contribution in [1.82, 2.24) is 24.3 Å². The summed E-state index contributed by atoms with van der Waals surface area (Å²) < 4.78 is 50.1. The fourth-order valence-corrected chi connectivity index (χ4v) is 4.41. The third-order valence-electron chi connectivity index (χ3n) is 5.94. The lowest BCUT2D eigenvalue weighted by molar-refractivity contribution is -0.138. The molecule has 0 bridgehead atoms. The number of alkyl halides is 3. The van der Waals surface area contributed by atoms with Gasteiger partial charge in [0.2, 0.25) is 0 Å². The minimum Gasteiger partial charge on any atom is -0.495 e. The van der Waals surface area contributed by atoms with E-state index in [0.29, 0.717) is 30.4 Å². The van der Waals surface area contributed by atoms with Crippen molar-refractivity contribution in [3.8, 4) is 22.8 Å². The van der Waals surface area contributed by atoms with Crippen LogP contribution in [-0.4, -0.2) is 31.4 Å². The summed E-state index contributed by atoms with van der Waals surface area (Å²) in [7, 11) is 1.59. The molecule has 0 fully saturated rings. The Kier molecular flexibility index (Phi) is 5.19. The van der Waals surface area contributed by atoms with Crippen molar-refractivity contribution in [2.24, 2.45) is 0 Å². The second-order valence-electron chi connectivity index (χ2n) is 8.11. The van der Waals surface area contributed by atoms with Crippen molar-refractivity contribution < 1.29 is 17.9 Å². The van der Waals surface area contributed by atoms with E-state index >= 15 is 0 Å². The maximum Gasteiger partial charge on any atom is 0.416 e. The Morgan fingerprint density at radius 2 is 1.94 bits per heavy atom. The van der Waals surface area contributed by atoms with Crippen LogP contribution in [0.3, 0.4) is 0 Å². The van der Waals surface area contributed by atoms with E-state index in [9.17, 15) is 13.2 Å². The number of aromatic nitrogens is 5. The van der Waals surface area contributed by atoms with E-state index in [4.69, 9.17) is 9.72 Å². The molecule has 6 nitrogen and oxygen atoms in total. The number of hydrogen-bond donors (Lipinski definition) is 0. The number of benzene rings is 2. The van der Waals surface area contributed by atoms with Crippen molar-refractivity contribution in [2.45, 2.75) is 38.4 Å². The Morgan fingerprint density at radius 3 is 2.67 bits per heavy atom. The first-order valence-electron chi connectivity index (χ1n) is 10.7. The van der Waals surface area contributed by atoms with E-state index in [1.807, 2.05) is 35.9 Å². The topological polar surface area (TPSA) is 57.8 Å². The number of aryl methyl sites for hydroxylation is 2. The van der Waals surface area contributed by atoms with Crippen LogP contribution in [0.25, 0.3) is 17.1 Å². The van der Waals surface area contributed by atoms with Gasteiger partial charge in [0, 0.05) is 24.2 Å². The third kappa shape index (κ3) is 3.88. The first-order chi connectivity index (χ1) is 15.8. The van der Waals surface area contributed by atoms with E-state index in [1.54, 1.807) is 30.3 Å². The molecule has 9 heteroatoms. The quantitative estimate of drug-likeness (QED) is 0.416. The lowest BCUT2D eigenvalue weighted by atomic mass is 9.88. The lowest BCUT2D eigenvalue weighted by Crippen LogP contribution is -2.21. The minimum atomic E-state index is -4.42. The van der Waals surface area contributed by atoms with Crippen LogP contribution in [0.5, 0.6) is 5.75 Å². The largest absolute Gasteiger partial charge is 0.495 e. The fraction of sp³-hybridized carbons (Fsp3) is 0.292. The molecule has 0 saturated carbocycles. The van der Waals surface area contributed by atoms with Crippen LogP contribution in [0.1, 0.15) is 41.4 Å². The number of imidazole rings is 1. The Morgan fingerprint density at radius 1 is 1.12 bits per heavy atom. The molecule has 0 N–H and O–H groups in total. The predicted octanol–water partition coefficient (Wildman–Crippen LogP) is 5.39. The van der Waals surface area contributed by atoms with Crippen LogP contribution < -0.4 is 4.74 Å². The van der Waals surface area contributed by atoms with Gasteiger partial charge >= 0.3 is 6.18 Å². The van der Waals surface area contributed by atoms with Gasteiger partial charge in [-0.2, -0.15) is 18.3 Å². The molecule has 1 aliphatic heterocycles. The number of methoxy groups -OCH3 is 1. The molecule has 0 saturated heterocycles. The van der Waals surface area contributed by atoms with Gasteiger partial charge in [0.1, 0.15) is 11.6 Å². The zero-order chi connectivity index (χ0) is 23.2. The minimum absolute atomic E-state index is 0.244. The molecule has 0 radical (unpaired) electrons. The number of fused-ring (bicyclic) bond motifs is 1. The molecule has 1 unspecified atom stereocenters. The van der Waals surface area contributed by atoms with Gasteiger partial charge in [0.15, 0.2) is 5.82 Å². The molecule has 0 amide bonds. The SMILES string of the molecule is COc1cc(-c2nc3n(n2)CCCC3c2ccccc2C(F)(F)F)ccc1-n1cnc(C)c1. The maximum atomic E-state index is 13.6. The summed E-state index contributed by atoms with van der Waals surface area (Å²) in [5, 5.41) is 4.62. The highest BCUT2D eigenvalue weighted by atomic mass is 19.4. The molecule has 1 atom stereocenters. The summed E-state index contributed by atoms with van der Waals surface area (Å²) >= 11 is 0. The van der Waals surface area contributed by atoms with Crippen LogP contribution in [0.4, 0.5) is 13.2 Å². The summed E-state index contributed by atoms with van der Waals surface area (Å²) in [5.74, 6) is 1.18. The summed E-state index contributed by atoms with van der Waals surface area (Å²) in [4.78, 5) is 8.95. The van der Waals surface area contributed by atoms with Crippen molar-refractivity contribution in [3.05, 3.63) is 77.6 Å². The van der Waals surface area contributed by atoms with Crippen molar-refractivity contribution in [1.29, 1.82) is 0 Å². The van der Waals surface area contributed by atoms with Crippen LogP contribution in [0.2, 0.25) is 0 Å². The predicted molar refractivity (Wildman–Crippen MR) is 116 cm³/mol. The molecule has 2 aromatic carbocycles. The lowest BCUT2D eigenvalue weighted by Gasteiger charge is -2.25. The van der Waals surface area contributed by atoms with Gasteiger partial charge in [-0.05, 0) is 49.6 Å². The van der Waals surface area contributed by atoms with Crippen LogP contribution in [0.15, 0.2) is 55.0 Å². The van der Waals surface area contributed by atoms with Gasteiger partial charge in [-0.25, -0.2) is 14.6 Å². The van der Waals surface area contributed by atoms with E-state index in [2.05, 4.69) is 10.1 Å². The Labute approximate surface area is 188 Å². The third-order valence-corrected chi connectivity index (χ3v) is 5.94. The van der Waals surface area contributed by atoms with Gasteiger partial charge in [-0.3, -0.25) is 0 Å². The molecule has 3 heterocycles. The molecule has 5 rings (SSSR count). The van der Waals surface area contributed by atoms with Crippen LogP contribution >= 0.6 is 0 Å². The highest BCUT2D eigenvalue weighted by molar-refractivity contribution is 5.63. The summed E-state index contributed by atoms with van der Waals surface area (Å²) in [6.07, 6.45) is 0.510. The molecule has 1 aliphatic rings. The zero-order valence-electron chi connectivity index (χ0n) is 18.2. The molecule has 0 aliphatic carbocycles. The highest BCUT2D eigenvalue weighted by Crippen LogP contribution is 2.41. The van der Waals surface area contributed by atoms with Crippen LogP contribution in [-0.2, 0) is 12.7 Å². The summed E-state index contributed by atoms with van der Waals surface area (Å²) in [6.45, 7) is 2.53. The average Bonchev–Trinajstić information content (AvgIpc) is 3.44. The van der Waals surface area contributed by atoms with Gasteiger partial charge in [0.25, 0.3) is 0 Å². The van der Waals surface area contributed by atoms with E-state index in [-0.39, 0.29) is 5.56 Å². The number of rotatable bonds is 4. The molecular weight excluding hydrogens is 431 g/mol. The summed E-state index contributed by atoms with van der Waals surface area (Å²) in [6, 6.07) is 11.3. The number of hydrogen-bond acceptors (Lipinski definition) is 4. The first-order valence-corrected chi connectivity index (χ1v) is 10.7. The molecular formula is C24H22F3N5O. The van der Waals surface area contributed by atoms with E-state index in [0.717, 1.165) is 29.4 Å². The van der Waals surface area contributed by atoms with Crippen molar-refractivity contribution >= 4 is 0 Å². The van der Waals surface area contributed by atoms with Crippen LogP contribution in [0, 0.1) is 6.92 Å². The Bertz CT molecular complexity index is 1310. The van der Waals surface area contributed by atoms with Crippen molar-refractivity contribution in [3.63, 3.8) is 0 Å². The zero-order valence-corrected chi connectivity index (χ0v) is 18.2. The van der Waals surface area contributed by atoms with Gasteiger partial charge in [-0.15, -0.1) is 0 Å². The van der Waals surface area contributed by atoms with E-state index in [1.165, 1.54) is 6.07 Å². The first kappa shape index (κ1) is 21.2. The molecule has 2 aromatic heterocycles. The standard InChI is InChI=1S/C24H22F3N5O/c1-15-13-31(14-28-15)20-10-9-16(12-21(20)33-2)22-29-23-18(7-5-11-32(23)30-22)17-6-3-4-8-19(17)24(25,26)27/h3-4,6,8-10,12-14,18H,5,7,11H2,1-2H3. The smallest absolute Gasteiger partial charge is 0.416 e. The fourth-order valence-electron chi connectivity index (χ4n) is 4.41. The number of ether oxygens (including phenoxy) is 1. The maximum absolute atomic E-state index is 13.6. The van der Waals surface area contributed by atoms with Crippen molar-refractivity contribution in [2.75, 3.05) is 7.11 Å². The summed E-state index contributed by atoms with van der Waals surface area (Å²) in [5.41, 5.74) is 2.07.